The third-order valence-corrected chi connectivity index (χ3v) is 6.24. The molecule has 0 amide bonds. The number of alkyl halides is 3. The Kier molecular flexibility index (Phi) is 6.44. The van der Waals surface area contributed by atoms with E-state index in [4.69, 9.17) is 4.74 Å². The van der Waals surface area contributed by atoms with Crippen LogP contribution in [0.3, 0.4) is 0 Å². The molecule has 0 radical (unpaired) electrons. The summed E-state index contributed by atoms with van der Waals surface area (Å²) < 4.78 is 72.1. The zero-order valence-corrected chi connectivity index (χ0v) is 15.6. The largest absolute Gasteiger partial charge is 0.422 e. The van der Waals surface area contributed by atoms with Crippen molar-refractivity contribution in [3.63, 3.8) is 0 Å². The predicted molar refractivity (Wildman–Crippen MR) is 93.4 cm³/mol. The van der Waals surface area contributed by atoms with Gasteiger partial charge < -0.3 is 4.74 Å². The van der Waals surface area contributed by atoms with Crippen molar-refractivity contribution in [2.24, 2.45) is 11.8 Å². The minimum absolute atomic E-state index is 0.0740. The van der Waals surface area contributed by atoms with Gasteiger partial charge in [0.05, 0.1) is 6.10 Å². The Hall–Kier alpha value is -1.17. The average Bonchev–Trinajstić information content (AvgIpc) is 2.59. The van der Waals surface area contributed by atoms with Crippen LogP contribution in [0.4, 0.5) is 22.0 Å². The van der Waals surface area contributed by atoms with Crippen LogP contribution in [-0.4, -0.2) is 12.7 Å². The highest BCUT2D eigenvalue weighted by Crippen LogP contribution is 2.47. The van der Waals surface area contributed by atoms with E-state index in [0.717, 1.165) is 70.1 Å². The molecule has 2 aliphatic rings. The van der Waals surface area contributed by atoms with Gasteiger partial charge in [0.2, 0.25) is 0 Å². The van der Waals surface area contributed by atoms with Gasteiger partial charge >= 0.3 is 6.18 Å². The van der Waals surface area contributed by atoms with E-state index in [-0.39, 0.29) is 5.92 Å². The van der Waals surface area contributed by atoms with Crippen molar-refractivity contribution in [1.82, 2.24) is 0 Å². The van der Waals surface area contributed by atoms with E-state index in [9.17, 15) is 22.0 Å². The van der Waals surface area contributed by atoms with Crippen molar-refractivity contribution in [2.45, 2.75) is 76.5 Å². The van der Waals surface area contributed by atoms with Gasteiger partial charge in [-0.2, -0.15) is 13.2 Å². The molecule has 0 N–H and O–H groups in total. The number of hydrogen-bond donors (Lipinski definition) is 0. The number of rotatable bonds is 5. The molecule has 1 aromatic rings. The van der Waals surface area contributed by atoms with Gasteiger partial charge in [0.25, 0.3) is 0 Å². The van der Waals surface area contributed by atoms with Crippen LogP contribution in [0.25, 0.3) is 0 Å². The predicted octanol–water partition coefficient (Wildman–Crippen LogP) is 6.85. The van der Waals surface area contributed by atoms with Gasteiger partial charge in [-0.05, 0) is 80.4 Å². The number of ether oxygens (including phenoxy) is 1. The van der Waals surface area contributed by atoms with Crippen LogP contribution < -0.4 is 0 Å². The quantitative estimate of drug-likeness (QED) is 0.394. The molecule has 2 fully saturated rings. The van der Waals surface area contributed by atoms with Gasteiger partial charge in [-0.3, -0.25) is 0 Å². The van der Waals surface area contributed by atoms with E-state index in [2.05, 4.69) is 6.92 Å². The summed E-state index contributed by atoms with van der Waals surface area (Å²) in [6.07, 6.45) is 2.99. The molecule has 0 spiro atoms. The van der Waals surface area contributed by atoms with Gasteiger partial charge in [0, 0.05) is 6.61 Å². The highest BCUT2D eigenvalue weighted by Gasteiger charge is 2.40. The summed E-state index contributed by atoms with van der Waals surface area (Å²) in [7, 11) is 0. The van der Waals surface area contributed by atoms with Crippen LogP contribution in [0.5, 0.6) is 0 Å². The fourth-order valence-corrected chi connectivity index (χ4v) is 4.79. The lowest BCUT2D eigenvalue weighted by Crippen LogP contribution is -2.34. The summed E-state index contributed by atoms with van der Waals surface area (Å²) in [4.78, 5) is 0. The molecule has 152 valence electrons. The molecule has 1 aromatic carbocycles. The first kappa shape index (κ1) is 20.6. The van der Waals surface area contributed by atoms with Crippen LogP contribution in [0.15, 0.2) is 12.1 Å². The van der Waals surface area contributed by atoms with Crippen LogP contribution in [0, 0.1) is 23.5 Å². The summed E-state index contributed by atoms with van der Waals surface area (Å²) in [6.45, 7) is 2.93. The van der Waals surface area contributed by atoms with Crippen LogP contribution in [0.2, 0.25) is 0 Å². The van der Waals surface area contributed by atoms with Crippen LogP contribution >= 0.6 is 0 Å². The number of halogens is 5. The van der Waals surface area contributed by atoms with E-state index >= 15 is 0 Å². The van der Waals surface area contributed by atoms with Crippen molar-refractivity contribution in [3.05, 3.63) is 34.9 Å². The number of hydrogen-bond acceptors (Lipinski definition) is 1. The Morgan fingerprint density at radius 2 is 1.59 bits per heavy atom. The van der Waals surface area contributed by atoms with Gasteiger partial charge in [-0.15, -0.1) is 0 Å². The van der Waals surface area contributed by atoms with Crippen molar-refractivity contribution >= 4 is 0 Å². The third-order valence-electron chi connectivity index (χ3n) is 6.24. The lowest BCUT2D eigenvalue weighted by atomic mass is 9.65. The smallest absolute Gasteiger partial charge is 0.378 e. The first-order valence-electron chi connectivity index (χ1n) is 9.97. The second-order valence-electron chi connectivity index (χ2n) is 8.05. The average molecular weight is 390 g/mol. The number of benzene rings is 1. The Bertz CT molecular complexity index is 619. The lowest BCUT2D eigenvalue weighted by molar-refractivity contribution is -0.142. The third kappa shape index (κ3) is 4.82. The second kappa shape index (κ2) is 8.46. The molecule has 0 heterocycles. The molecule has 0 saturated heterocycles. The summed E-state index contributed by atoms with van der Waals surface area (Å²) in [5, 5.41) is 0. The molecular weight excluding hydrogens is 363 g/mol. The zero-order chi connectivity index (χ0) is 19.6. The first-order valence-corrected chi connectivity index (χ1v) is 9.97. The minimum atomic E-state index is -5.01. The topological polar surface area (TPSA) is 9.23 Å². The number of fused-ring (bicyclic) bond motifs is 1. The molecule has 27 heavy (non-hydrogen) atoms. The van der Waals surface area contributed by atoms with Gasteiger partial charge in [-0.1, -0.05) is 13.3 Å². The minimum Gasteiger partial charge on any atom is -0.378 e. The fourth-order valence-electron chi connectivity index (χ4n) is 4.79. The van der Waals surface area contributed by atoms with Crippen LogP contribution in [0.1, 0.15) is 75.3 Å². The van der Waals surface area contributed by atoms with Crippen molar-refractivity contribution in [2.75, 3.05) is 6.61 Å². The normalized spacial score (nSPS) is 28.8. The first-order chi connectivity index (χ1) is 12.8. The summed E-state index contributed by atoms with van der Waals surface area (Å²) in [6, 6.07) is 1.77. The Morgan fingerprint density at radius 3 is 2.22 bits per heavy atom. The molecule has 2 aliphatic carbocycles. The molecular formula is C21H27F5O. The van der Waals surface area contributed by atoms with E-state index in [1.165, 1.54) is 0 Å². The molecule has 2 saturated carbocycles. The lowest BCUT2D eigenvalue weighted by Gasteiger charge is -2.42. The fraction of sp³-hybridized carbons (Fsp3) is 0.714. The molecule has 0 bridgehead atoms. The van der Waals surface area contributed by atoms with Crippen molar-refractivity contribution in [1.29, 1.82) is 0 Å². The van der Waals surface area contributed by atoms with Crippen molar-refractivity contribution in [3.8, 4) is 0 Å². The summed E-state index contributed by atoms with van der Waals surface area (Å²) in [5.41, 5.74) is -1.43. The van der Waals surface area contributed by atoms with Gasteiger partial charge in [0.15, 0.2) is 0 Å². The van der Waals surface area contributed by atoms with E-state index in [1.54, 1.807) is 0 Å². The number of unbranched alkanes of at least 4 members (excludes halogenated alkanes) is 1. The van der Waals surface area contributed by atoms with E-state index in [1.807, 2.05) is 0 Å². The Balaban J connectivity index is 1.64. The highest BCUT2D eigenvalue weighted by molar-refractivity contribution is 5.31. The molecule has 3 rings (SSSR count). The van der Waals surface area contributed by atoms with E-state index in [0.29, 0.717) is 23.5 Å². The molecule has 0 aromatic heterocycles. The zero-order valence-electron chi connectivity index (χ0n) is 15.6. The maximum Gasteiger partial charge on any atom is 0.422 e. The molecule has 4 unspecified atom stereocenters. The van der Waals surface area contributed by atoms with Gasteiger partial charge in [0.1, 0.15) is 17.2 Å². The van der Waals surface area contributed by atoms with Crippen LogP contribution in [-0.2, 0) is 10.9 Å². The maximum atomic E-state index is 13.9. The molecule has 1 nitrogen and oxygen atoms in total. The molecule has 6 heteroatoms. The Labute approximate surface area is 157 Å². The van der Waals surface area contributed by atoms with Crippen molar-refractivity contribution < 1.29 is 26.7 Å². The highest BCUT2D eigenvalue weighted by atomic mass is 19.4. The SMILES string of the molecule is CCCCOC1CCC2CC(c3cc(F)c(C(F)(F)F)c(F)c3)CCC2C1. The summed E-state index contributed by atoms with van der Waals surface area (Å²) >= 11 is 0. The van der Waals surface area contributed by atoms with Gasteiger partial charge in [-0.25, -0.2) is 8.78 Å². The van der Waals surface area contributed by atoms with E-state index < -0.39 is 23.4 Å². The molecule has 0 aliphatic heterocycles. The monoisotopic (exact) mass is 390 g/mol. The maximum absolute atomic E-state index is 13.9. The molecule has 4 atom stereocenters. The second-order valence-corrected chi connectivity index (χ2v) is 8.05. The Morgan fingerprint density at radius 1 is 0.963 bits per heavy atom. The summed E-state index contributed by atoms with van der Waals surface area (Å²) in [5.74, 6) is -2.08. The standard InChI is InChI=1S/C21H27F5O/c1-2-3-8-27-17-7-6-13-9-14(4-5-15(13)10-17)16-11-18(22)20(19(23)12-16)21(24,25)26/h11-15,17H,2-10H2,1H3.